The lowest BCUT2D eigenvalue weighted by atomic mass is 9.76. The molecule has 0 saturated carbocycles. The summed E-state index contributed by atoms with van der Waals surface area (Å²) in [7, 11) is 0. The number of hydrogen-bond acceptors (Lipinski definition) is 4. The number of ketones is 1. The average Bonchev–Trinajstić information content (AvgIpc) is 2.72. The lowest BCUT2D eigenvalue weighted by Gasteiger charge is -2.37. The molecule has 0 aromatic heterocycles. The topological polar surface area (TPSA) is 61.4 Å². The first-order chi connectivity index (χ1) is 13.7. The van der Waals surface area contributed by atoms with E-state index in [1.807, 2.05) is 50.2 Å². The number of nitrogens with two attached hydrogens (primary N) is 1. The Morgan fingerprint density at radius 1 is 0.750 bits per heavy atom. The van der Waals surface area contributed by atoms with Crippen LogP contribution in [0, 0.1) is 11.8 Å². The molecule has 0 amide bonds. The van der Waals surface area contributed by atoms with Crippen LogP contribution in [0.4, 0.5) is 0 Å². The molecule has 2 aliphatic heterocycles. The van der Waals surface area contributed by atoms with Gasteiger partial charge in [0.1, 0.15) is 36.8 Å². The van der Waals surface area contributed by atoms with Gasteiger partial charge in [-0.2, -0.15) is 0 Å². The van der Waals surface area contributed by atoms with Crippen molar-refractivity contribution < 1.29 is 24.3 Å². The Balaban J connectivity index is 1.78. The number of carbonyl (C=O) groups is 1. The second kappa shape index (κ2) is 8.33. The largest absolute Gasteiger partial charge is 0.491 e. The molecule has 28 heavy (non-hydrogen) atoms. The normalized spacial score (nSPS) is 28.1. The number of piperidine rings is 1. The molecular formula is C23H28NO4+. The molecule has 148 valence electrons. The third kappa shape index (κ3) is 3.64. The SMILES string of the molecule is C[C@@H]1C(=O)[C@@H](C)[C@@H]2[NH2+][C@@H]1c1ccccc1OCCOCCOc1ccccc12. The van der Waals surface area contributed by atoms with Gasteiger partial charge in [-0.3, -0.25) is 4.79 Å². The van der Waals surface area contributed by atoms with Crippen molar-refractivity contribution in [2.75, 3.05) is 26.4 Å². The van der Waals surface area contributed by atoms with E-state index in [2.05, 4.69) is 17.4 Å². The highest BCUT2D eigenvalue weighted by Gasteiger charge is 2.45. The molecule has 2 aliphatic rings. The zero-order valence-corrected chi connectivity index (χ0v) is 16.5. The summed E-state index contributed by atoms with van der Waals surface area (Å²) in [5.41, 5.74) is 2.13. The van der Waals surface area contributed by atoms with E-state index in [1.165, 1.54) is 0 Å². The molecule has 0 unspecified atom stereocenters. The van der Waals surface area contributed by atoms with Crippen molar-refractivity contribution in [3.05, 3.63) is 59.7 Å². The van der Waals surface area contributed by atoms with Crippen LogP contribution in [-0.4, -0.2) is 32.2 Å². The average molecular weight is 382 g/mol. The molecule has 4 atom stereocenters. The first-order valence-corrected chi connectivity index (χ1v) is 10.1. The number of carbonyl (C=O) groups excluding carboxylic acids is 1. The van der Waals surface area contributed by atoms with Crippen LogP contribution in [0.25, 0.3) is 0 Å². The number of benzene rings is 2. The Morgan fingerprint density at radius 3 is 1.71 bits per heavy atom. The molecular weight excluding hydrogens is 354 g/mol. The fourth-order valence-corrected chi connectivity index (χ4v) is 4.37. The van der Waals surface area contributed by atoms with E-state index in [1.54, 1.807) is 0 Å². The zero-order valence-electron chi connectivity index (χ0n) is 16.5. The van der Waals surface area contributed by atoms with Crippen LogP contribution in [-0.2, 0) is 9.53 Å². The Hall–Kier alpha value is -2.37. The third-order valence-corrected chi connectivity index (χ3v) is 5.92. The minimum atomic E-state index is -0.0896. The van der Waals surface area contributed by atoms with Gasteiger partial charge < -0.3 is 19.5 Å². The summed E-state index contributed by atoms with van der Waals surface area (Å²) in [4.78, 5) is 13.2. The van der Waals surface area contributed by atoms with Crippen molar-refractivity contribution in [2.45, 2.75) is 25.9 Å². The highest BCUT2D eigenvalue weighted by molar-refractivity contribution is 5.85. The smallest absolute Gasteiger partial charge is 0.151 e. The van der Waals surface area contributed by atoms with Crippen molar-refractivity contribution in [1.29, 1.82) is 0 Å². The molecule has 1 saturated heterocycles. The molecule has 1 fully saturated rings. The fraction of sp³-hybridized carbons (Fsp3) is 0.435. The summed E-state index contributed by atoms with van der Waals surface area (Å²) in [6, 6.07) is 16.1. The highest BCUT2D eigenvalue weighted by Crippen LogP contribution is 2.38. The summed E-state index contributed by atoms with van der Waals surface area (Å²) in [5.74, 6) is 1.78. The number of hydrogen-bond donors (Lipinski definition) is 1. The van der Waals surface area contributed by atoms with Crippen molar-refractivity contribution in [2.24, 2.45) is 11.8 Å². The van der Waals surface area contributed by atoms with E-state index in [0.717, 1.165) is 22.6 Å². The van der Waals surface area contributed by atoms with Gasteiger partial charge >= 0.3 is 0 Å². The first-order valence-electron chi connectivity index (χ1n) is 10.1. The van der Waals surface area contributed by atoms with Gasteiger partial charge in [0.15, 0.2) is 5.78 Å². The third-order valence-electron chi connectivity index (χ3n) is 5.92. The van der Waals surface area contributed by atoms with Crippen LogP contribution in [0.3, 0.4) is 0 Å². The molecule has 4 rings (SSSR count). The molecule has 5 nitrogen and oxygen atoms in total. The number of para-hydroxylation sites is 2. The molecule has 0 aliphatic carbocycles. The molecule has 0 spiro atoms. The molecule has 0 radical (unpaired) electrons. The van der Waals surface area contributed by atoms with E-state index in [-0.39, 0.29) is 29.7 Å². The number of quaternary nitrogens is 1. The van der Waals surface area contributed by atoms with E-state index in [9.17, 15) is 4.79 Å². The molecule has 2 heterocycles. The second-order valence-corrected chi connectivity index (χ2v) is 7.61. The van der Waals surface area contributed by atoms with Crippen LogP contribution in [0.1, 0.15) is 37.1 Å². The van der Waals surface area contributed by atoms with Gasteiger partial charge in [-0.15, -0.1) is 0 Å². The monoisotopic (exact) mass is 382 g/mol. The summed E-state index contributed by atoms with van der Waals surface area (Å²) < 4.78 is 17.7. The van der Waals surface area contributed by atoms with Crippen molar-refractivity contribution >= 4 is 5.78 Å². The number of ether oxygens (including phenoxy) is 3. The van der Waals surface area contributed by atoms with Gasteiger partial charge in [-0.1, -0.05) is 24.3 Å². The maximum atomic E-state index is 13.2. The van der Waals surface area contributed by atoms with Gasteiger partial charge in [-0.05, 0) is 38.1 Å². The van der Waals surface area contributed by atoms with Gasteiger partial charge in [0, 0.05) is 0 Å². The van der Waals surface area contributed by atoms with Crippen LogP contribution in [0.5, 0.6) is 11.5 Å². The standard InChI is InChI=1S/C23H27NO4/c1-15-21-17-7-3-5-9-19(17)27-13-11-26-12-14-28-20-10-6-4-8-18(20)22(24-21)16(2)23(15)25/h3-10,15-16,21-22,24H,11-14H2,1-2H3/p+1/t15-,16-,21-,22-/m0/s1. The minimum absolute atomic E-state index is 0.00168. The summed E-state index contributed by atoms with van der Waals surface area (Å²) >= 11 is 0. The van der Waals surface area contributed by atoms with Crippen LogP contribution in [0.2, 0.25) is 0 Å². The van der Waals surface area contributed by atoms with Crippen LogP contribution >= 0.6 is 0 Å². The molecule has 2 aromatic rings. The second-order valence-electron chi connectivity index (χ2n) is 7.61. The van der Waals surface area contributed by atoms with Crippen molar-refractivity contribution in [3.8, 4) is 11.5 Å². The quantitative estimate of drug-likeness (QED) is 0.761. The predicted molar refractivity (Wildman–Crippen MR) is 105 cm³/mol. The molecule has 2 N–H and O–H groups in total. The minimum Gasteiger partial charge on any atom is -0.491 e. The number of rotatable bonds is 0. The van der Waals surface area contributed by atoms with Gasteiger partial charge in [0.25, 0.3) is 0 Å². The molecule has 2 aromatic carbocycles. The zero-order chi connectivity index (χ0) is 19.5. The number of fused-ring (bicyclic) bond motifs is 6. The van der Waals surface area contributed by atoms with Gasteiger partial charge in [-0.25, -0.2) is 0 Å². The molecule has 2 bridgehead atoms. The fourth-order valence-electron chi connectivity index (χ4n) is 4.37. The van der Waals surface area contributed by atoms with Crippen molar-refractivity contribution in [1.82, 2.24) is 0 Å². The molecule has 5 heteroatoms. The van der Waals surface area contributed by atoms with E-state index in [0.29, 0.717) is 26.4 Å². The predicted octanol–water partition coefficient (Wildman–Crippen LogP) is 2.68. The van der Waals surface area contributed by atoms with Crippen molar-refractivity contribution in [3.63, 3.8) is 0 Å². The summed E-state index contributed by atoms with van der Waals surface area (Å²) in [6.07, 6.45) is 0. The van der Waals surface area contributed by atoms with Crippen LogP contribution < -0.4 is 14.8 Å². The van der Waals surface area contributed by atoms with E-state index < -0.39 is 0 Å². The first kappa shape index (κ1) is 19.0. The van der Waals surface area contributed by atoms with Gasteiger partial charge in [0.05, 0.1) is 36.2 Å². The lowest BCUT2D eigenvalue weighted by molar-refractivity contribution is -0.748. The summed E-state index contributed by atoms with van der Waals surface area (Å²) in [6.45, 7) is 6.01. The Labute approximate surface area is 166 Å². The Morgan fingerprint density at radius 2 is 1.21 bits per heavy atom. The van der Waals surface area contributed by atoms with E-state index in [4.69, 9.17) is 14.2 Å². The Kier molecular flexibility index (Phi) is 5.64. The maximum Gasteiger partial charge on any atom is 0.151 e. The lowest BCUT2D eigenvalue weighted by Crippen LogP contribution is -2.91. The van der Waals surface area contributed by atoms with Gasteiger partial charge in [0.2, 0.25) is 0 Å². The van der Waals surface area contributed by atoms with E-state index >= 15 is 0 Å². The highest BCUT2D eigenvalue weighted by atomic mass is 16.5. The summed E-state index contributed by atoms with van der Waals surface area (Å²) in [5, 5.41) is 2.32. The Bertz CT molecular complexity index is 771. The van der Waals surface area contributed by atoms with Crippen LogP contribution in [0.15, 0.2) is 48.5 Å². The number of Topliss-reactive ketones (excluding diaryl/α,β-unsaturated/α-hetero) is 1. The maximum absolute atomic E-state index is 13.2.